The monoisotopic (exact) mass is 284 g/mol. The summed E-state index contributed by atoms with van der Waals surface area (Å²) in [5.41, 5.74) is 0. The number of rotatable bonds is 15. The molecule has 0 saturated heterocycles. The second kappa shape index (κ2) is 15.3. The number of unbranched alkanes of at least 4 members (excludes halogenated alkanes) is 9. The number of hydrogen-bond donors (Lipinski definition) is 1. The fourth-order valence-corrected chi connectivity index (χ4v) is 2.62. The summed E-state index contributed by atoms with van der Waals surface area (Å²) in [7, 11) is 0. The van der Waals surface area contributed by atoms with E-state index in [0.29, 0.717) is 0 Å². The average molecular weight is 285 g/mol. The van der Waals surface area contributed by atoms with Gasteiger partial charge < -0.3 is 0 Å². The lowest BCUT2D eigenvalue weighted by molar-refractivity contribution is 0.264. The molecule has 0 aromatic rings. The van der Waals surface area contributed by atoms with Crippen molar-refractivity contribution in [2.75, 3.05) is 13.1 Å². The Labute approximate surface area is 128 Å². The van der Waals surface area contributed by atoms with Crippen molar-refractivity contribution in [3.8, 4) is 0 Å². The van der Waals surface area contributed by atoms with Crippen LogP contribution in [0.5, 0.6) is 0 Å². The van der Waals surface area contributed by atoms with E-state index in [2.05, 4.69) is 20.8 Å². The summed E-state index contributed by atoms with van der Waals surface area (Å²) < 4.78 is 0. The van der Waals surface area contributed by atoms with Crippen LogP contribution < -0.4 is 5.84 Å². The topological polar surface area (TPSA) is 29.3 Å². The Morgan fingerprint density at radius 1 is 0.700 bits per heavy atom. The molecule has 0 bridgehead atoms. The Kier molecular flexibility index (Phi) is 15.3. The highest BCUT2D eigenvalue weighted by atomic mass is 15.4. The number of nitrogens with two attached hydrogens (primary N) is 1. The highest BCUT2D eigenvalue weighted by molar-refractivity contribution is 4.54. The molecule has 0 aliphatic heterocycles. The van der Waals surface area contributed by atoms with E-state index in [0.717, 1.165) is 19.0 Å². The van der Waals surface area contributed by atoms with Crippen molar-refractivity contribution in [2.24, 2.45) is 11.8 Å². The van der Waals surface area contributed by atoms with Gasteiger partial charge in [-0.2, -0.15) is 0 Å². The summed E-state index contributed by atoms with van der Waals surface area (Å²) in [6, 6.07) is 0. The van der Waals surface area contributed by atoms with Crippen molar-refractivity contribution in [3.63, 3.8) is 0 Å². The first-order chi connectivity index (χ1) is 9.66. The lowest BCUT2D eigenvalue weighted by atomic mass is 10.1. The highest BCUT2D eigenvalue weighted by Crippen LogP contribution is 2.10. The van der Waals surface area contributed by atoms with Gasteiger partial charge in [0, 0.05) is 13.1 Å². The molecule has 2 N–H and O–H groups in total. The molecule has 20 heavy (non-hydrogen) atoms. The van der Waals surface area contributed by atoms with Gasteiger partial charge in [0.05, 0.1) is 0 Å². The molecule has 0 unspecified atom stereocenters. The molecular formula is C18H40N2. The third-order valence-corrected chi connectivity index (χ3v) is 4.03. The maximum absolute atomic E-state index is 6.00. The average Bonchev–Trinajstić information content (AvgIpc) is 2.40. The Balaban J connectivity index is 3.11. The molecule has 0 spiro atoms. The minimum absolute atomic E-state index is 0.806. The fraction of sp³-hybridized carbons (Fsp3) is 1.00. The predicted octanol–water partition coefficient (Wildman–Crippen LogP) is 5.52. The first kappa shape index (κ1) is 19.9. The summed E-state index contributed by atoms with van der Waals surface area (Å²) in [5, 5.41) is 2.02. The summed E-state index contributed by atoms with van der Waals surface area (Å²) in [5.74, 6) is 6.81. The first-order valence-electron chi connectivity index (χ1n) is 9.16. The van der Waals surface area contributed by atoms with Crippen molar-refractivity contribution in [3.05, 3.63) is 0 Å². The highest BCUT2D eigenvalue weighted by Gasteiger charge is 2.00. The van der Waals surface area contributed by atoms with Crippen molar-refractivity contribution < 1.29 is 0 Å². The summed E-state index contributed by atoms with van der Waals surface area (Å²) >= 11 is 0. The van der Waals surface area contributed by atoms with Gasteiger partial charge in [0.25, 0.3) is 0 Å². The van der Waals surface area contributed by atoms with Crippen LogP contribution in [-0.2, 0) is 0 Å². The summed E-state index contributed by atoms with van der Waals surface area (Å²) in [4.78, 5) is 0. The predicted molar refractivity (Wildman–Crippen MR) is 91.7 cm³/mol. The Morgan fingerprint density at radius 3 is 1.65 bits per heavy atom. The molecule has 0 aromatic carbocycles. The van der Waals surface area contributed by atoms with Gasteiger partial charge in [0.15, 0.2) is 0 Å². The molecule has 0 aliphatic rings. The quantitative estimate of drug-likeness (QED) is 0.244. The van der Waals surface area contributed by atoms with Crippen molar-refractivity contribution in [1.29, 1.82) is 0 Å². The van der Waals surface area contributed by atoms with Gasteiger partial charge in [-0.25, -0.2) is 5.01 Å². The van der Waals surface area contributed by atoms with E-state index in [1.54, 1.807) is 0 Å². The molecule has 0 fully saturated rings. The molecule has 0 atom stereocenters. The molecule has 0 rings (SSSR count). The van der Waals surface area contributed by atoms with Crippen LogP contribution in [0.3, 0.4) is 0 Å². The molecule has 0 radical (unpaired) electrons. The van der Waals surface area contributed by atoms with Crippen LogP contribution in [0.25, 0.3) is 0 Å². The van der Waals surface area contributed by atoms with E-state index in [1.165, 1.54) is 77.0 Å². The lowest BCUT2D eigenvalue weighted by Gasteiger charge is -2.16. The van der Waals surface area contributed by atoms with Gasteiger partial charge in [-0.15, -0.1) is 0 Å². The standard InChI is InChI=1S/C18H40N2/c1-4-5-6-7-8-9-10-11-12-13-16-20(19)17-14-15-18(2)3/h18H,4-17,19H2,1-3H3. The SMILES string of the molecule is CCCCCCCCCCCCN(N)CCCC(C)C. The van der Waals surface area contributed by atoms with Gasteiger partial charge in [-0.05, 0) is 25.2 Å². The lowest BCUT2D eigenvalue weighted by Crippen LogP contribution is -2.33. The minimum Gasteiger partial charge on any atom is -0.269 e. The molecule has 0 saturated carbocycles. The maximum atomic E-state index is 6.00. The zero-order chi connectivity index (χ0) is 15.1. The molecule has 0 amide bonds. The van der Waals surface area contributed by atoms with E-state index < -0.39 is 0 Å². The van der Waals surface area contributed by atoms with E-state index in [4.69, 9.17) is 5.84 Å². The van der Waals surface area contributed by atoms with Gasteiger partial charge in [-0.1, -0.05) is 78.6 Å². The van der Waals surface area contributed by atoms with Crippen LogP contribution in [0.4, 0.5) is 0 Å². The molecule has 0 aliphatic carbocycles. The van der Waals surface area contributed by atoms with Crippen LogP contribution in [0.2, 0.25) is 0 Å². The summed E-state index contributed by atoms with van der Waals surface area (Å²) in [6.45, 7) is 8.99. The van der Waals surface area contributed by atoms with Crippen LogP contribution in [-0.4, -0.2) is 18.1 Å². The molecule has 0 heterocycles. The normalized spacial score (nSPS) is 11.7. The van der Waals surface area contributed by atoms with E-state index in [1.807, 2.05) is 5.01 Å². The first-order valence-corrected chi connectivity index (χ1v) is 9.16. The number of hydrazine groups is 1. The Morgan fingerprint density at radius 2 is 1.15 bits per heavy atom. The van der Waals surface area contributed by atoms with E-state index in [-0.39, 0.29) is 0 Å². The zero-order valence-corrected chi connectivity index (χ0v) is 14.5. The van der Waals surface area contributed by atoms with Gasteiger partial charge in [0.2, 0.25) is 0 Å². The van der Waals surface area contributed by atoms with Crippen molar-refractivity contribution in [2.45, 2.75) is 97.8 Å². The van der Waals surface area contributed by atoms with Gasteiger partial charge in [-0.3, -0.25) is 5.84 Å². The van der Waals surface area contributed by atoms with Gasteiger partial charge in [0.1, 0.15) is 0 Å². The largest absolute Gasteiger partial charge is 0.269 e. The van der Waals surface area contributed by atoms with E-state index >= 15 is 0 Å². The zero-order valence-electron chi connectivity index (χ0n) is 14.5. The second-order valence-corrected chi connectivity index (χ2v) is 6.75. The van der Waals surface area contributed by atoms with Crippen LogP contribution in [0.15, 0.2) is 0 Å². The number of nitrogens with zero attached hydrogens (tertiary/aromatic N) is 1. The fourth-order valence-electron chi connectivity index (χ4n) is 2.62. The van der Waals surface area contributed by atoms with Gasteiger partial charge >= 0.3 is 0 Å². The van der Waals surface area contributed by atoms with Crippen molar-refractivity contribution in [1.82, 2.24) is 5.01 Å². The maximum Gasteiger partial charge on any atom is 0.0128 e. The Bertz CT molecular complexity index is 180. The van der Waals surface area contributed by atoms with E-state index in [9.17, 15) is 0 Å². The third-order valence-electron chi connectivity index (χ3n) is 4.03. The molecule has 0 aromatic heterocycles. The number of hydrogen-bond acceptors (Lipinski definition) is 2. The second-order valence-electron chi connectivity index (χ2n) is 6.75. The minimum atomic E-state index is 0.806. The van der Waals surface area contributed by atoms with Crippen molar-refractivity contribution >= 4 is 0 Å². The molecule has 2 heteroatoms. The van der Waals surface area contributed by atoms with Crippen LogP contribution in [0, 0.1) is 5.92 Å². The third kappa shape index (κ3) is 16.0. The van der Waals surface area contributed by atoms with Crippen LogP contribution >= 0.6 is 0 Å². The molecule has 122 valence electrons. The smallest absolute Gasteiger partial charge is 0.0128 e. The summed E-state index contributed by atoms with van der Waals surface area (Å²) in [6.07, 6.45) is 16.5. The molecular weight excluding hydrogens is 244 g/mol. The Hall–Kier alpha value is -0.0800. The molecule has 2 nitrogen and oxygen atoms in total. The van der Waals surface area contributed by atoms with Crippen LogP contribution in [0.1, 0.15) is 97.8 Å².